The second kappa shape index (κ2) is 9.09. The summed E-state index contributed by atoms with van der Waals surface area (Å²) in [5.74, 6) is 0.678. The van der Waals surface area contributed by atoms with Gasteiger partial charge < -0.3 is 15.4 Å². The van der Waals surface area contributed by atoms with Crippen LogP contribution in [0.1, 0.15) is 42.0 Å². The summed E-state index contributed by atoms with van der Waals surface area (Å²) in [5, 5.41) is 6.80. The quantitative estimate of drug-likeness (QED) is 0.493. The molecule has 1 aromatic heterocycles. The van der Waals surface area contributed by atoms with Crippen LogP contribution in [-0.2, 0) is 6.42 Å². The van der Waals surface area contributed by atoms with E-state index in [4.69, 9.17) is 21.3 Å². The molecule has 0 radical (unpaired) electrons. The maximum Gasteiger partial charge on any atom is 0.315 e. The molecule has 2 amide bonds. The fraction of sp³-hybridized carbons (Fsp3) is 0.379. The van der Waals surface area contributed by atoms with Crippen molar-refractivity contribution in [2.24, 2.45) is 0 Å². The standard InChI is InChI=1S/C29H31ClN4O2/c1-18-6-3-4-7-20(18)21-8-5-9-22(26(21)30)23-16-19-10-11-24(25(19)27(32-23)36-2)34-15-13-29(17-34)12-14-31-28(35)33-29/h3-9,16,24H,10-15,17H2,1-2H3,(H2,31,33,35)/t24-,29-/m1/s1. The molecular formula is C29H31ClN4O2. The third-order valence-electron chi connectivity index (χ3n) is 8.12. The van der Waals surface area contributed by atoms with Gasteiger partial charge >= 0.3 is 6.03 Å². The zero-order valence-corrected chi connectivity index (χ0v) is 21.5. The van der Waals surface area contributed by atoms with Gasteiger partial charge in [0.25, 0.3) is 0 Å². The number of amides is 2. The molecule has 186 valence electrons. The molecule has 1 spiro atoms. The van der Waals surface area contributed by atoms with Crippen molar-refractivity contribution in [3.8, 4) is 28.3 Å². The molecule has 2 fully saturated rings. The molecule has 0 saturated carbocycles. The van der Waals surface area contributed by atoms with Crippen molar-refractivity contribution in [2.75, 3.05) is 26.7 Å². The van der Waals surface area contributed by atoms with Crippen LogP contribution in [0, 0.1) is 6.92 Å². The number of nitrogens with zero attached hydrogens (tertiary/aromatic N) is 2. The zero-order valence-electron chi connectivity index (χ0n) is 20.7. The van der Waals surface area contributed by atoms with Crippen molar-refractivity contribution in [3.63, 3.8) is 0 Å². The molecule has 2 saturated heterocycles. The topological polar surface area (TPSA) is 66.5 Å². The van der Waals surface area contributed by atoms with Crippen LogP contribution in [0.2, 0.25) is 5.02 Å². The van der Waals surface area contributed by atoms with Crippen molar-refractivity contribution in [1.82, 2.24) is 20.5 Å². The van der Waals surface area contributed by atoms with Crippen LogP contribution in [0.3, 0.4) is 0 Å². The first-order chi connectivity index (χ1) is 17.5. The number of rotatable bonds is 4. The Morgan fingerprint density at radius 3 is 2.72 bits per heavy atom. The number of hydrogen-bond acceptors (Lipinski definition) is 4. The van der Waals surface area contributed by atoms with Crippen LogP contribution in [0.4, 0.5) is 4.79 Å². The van der Waals surface area contributed by atoms with Crippen molar-refractivity contribution in [3.05, 3.63) is 70.2 Å². The third-order valence-corrected chi connectivity index (χ3v) is 8.53. The number of methoxy groups -OCH3 is 1. The minimum Gasteiger partial charge on any atom is -0.481 e. The monoisotopic (exact) mass is 502 g/mol. The van der Waals surface area contributed by atoms with E-state index in [1.807, 2.05) is 24.3 Å². The van der Waals surface area contributed by atoms with E-state index < -0.39 is 0 Å². The number of hydrogen-bond donors (Lipinski definition) is 2. The number of urea groups is 1. The predicted molar refractivity (Wildman–Crippen MR) is 143 cm³/mol. The molecule has 3 aliphatic rings. The number of benzene rings is 2. The number of ether oxygens (including phenoxy) is 1. The molecule has 2 aromatic carbocycles. The lowest BCUT2D eigenvalue weighted by molar-refractivity contribution is 0.187. The van der Waals surface area contributed by atoms with Gasteiger partial charge in [-0.1, -0.05) is 54.1 Å². The summed E-state index contributed by atoms with van der Waals surface area (Å²) in [4.78, 5) is 19.5. The van der Waals surface area contributed by atoms with E-state index in [1.165, 1.54) is 16.7 Å². The summed E-state index contributed by atoms with van der Waals surface area (Å²) in [6.45, 7) is 4.66. The fourth-order valence-electron chi connectivity index (χ4n) is 6.29. The van der Waals surface area contributed by atoms with E-state index in [1.54, 1.807) is 7.11 Å². The summed E-state index contributed by atoms with van der Waals surface area (Å²) >= 11 is 6.99. The molecule has 36 heavy (non-hydrogen) atoms. The Balaban J connectivity index is 1.34. The van der Waals surface area contributed by atoms with Crippen molar-refractivity contribution < 1.29 is 9.53 Å². The van der Waals surface area contributed by atoms with Gasteiger partial charge in [-0.2, -0.15) is 0 Å². The van der Waals surface area contributed by atoms with Crippen molar-refractivity contribution in [2.45, 2.75) is 44.2 Å². The first-order valence-electron chi connectivity index (χ1n) is 12.7. The molecule has 2 atom stereocenters. The summed E-state index contributed by atoms with van der Waals surface area (Å²) in [5.41, 5.74) is 7.42. The van der Waals surface area contributed by atoms with Crippen molar-refractivity contribution in [1.29, 1.82) is 0 Å². The largest absolute Gasteiger partial charge is 0.481 e. The fourth-order valence-corrected chi connectivity index (χ4v) is 6.62. The van der Waals surface area contributed by atoms with E-state index in [0.29, 0.717) is 10.9 Å². The lowest BCUT2D eigenvalue weighted by Gasteiger charge is -2.36. The van der Waals surface area contributed by atoms with E-state index in [9.17, 15) is 4.79 Å². The molecule has 7 heteroatoms. The predicted octanol–water partition coefficient (Wildman–Crippen LogP) is 5.52. The van der Waals surface area contributed by atoms with Crippen LogP contribution >= 0.6 is 11.6 Å². The summed E-state index contributed by atoms with van der Waals surface area (Å²) in [6.07, 6.45) is 3.93. The van der Waals surface area contributed by atoms with E-state index in [2.05, 4.69) is 46.7 Å². The maximum atomic E-state index is 12.0. The van der Waals surface area contributed by atoms with Gasteiger partial charge in [0.15, 0.2) is 0 Å². The number of halogens is 1. The number of carbonyl (C=O) groups excluding carboxylic acids is 1. The number of nitrogens with one attached hydrogen (secondary N) is 2. The number of likely N-dealkylation sites (tertiary alicyclic amines) is 1. The average Bonchev–Trinajstić information content (AvgIpc) is 3.48. The highest BCUT2D eigenvalue weighted by atomic mass is 35.5. The second-order valence-corrected chi connectivity index (χ2v) is 10.6. The Bertz CT molecular complexity index is 1340. The molecule has 3 aromatic rings. The smallest absolute Gasteiger partial charge is 0.315 e. The van der Waals surface area contributed by atoms with Crippen molar-refractivity contribution >= 4 is 17.6 Å². The van der Waals surface area contributed by atoms with E-state index in [-0.39, 0.29) is 17.6 Å². The SMILES string of the molecule is COc1nc(-c2cccc(-c3ccccc3C)c2Cl)cc2c1[C@H](N1CC[C@]3(CCNC(=O)N3)C1)CC2. The van der Waals surface area contributed by atoms with Crippen LogP contribution in [0.25, 0.3) is 22.4 Å². The molecule has 6 rings (SSSR count). The number of fused-ring (bicyclic) bond motifs is 1. The highest BCUT2D eigenvalue weighted by Gasteiger charge is 2.45. The Hall–Kier alpha value is -3.09. The number of carbonyl (C=O) groups is 1. The van der Waals surface area contributed by atoms with Gasteiger partial charge in [0.05, 0.1) is 23.4 Å². The second-order valence-electron chi connectivity index (χ2n) is 10.3. The molecule has 2 aliphatic heterocycles. The molecule has 6 nitrogen and oxygen atoms in total. The molecule has 0 bridgehead atoms. The number of aromatic nitrogens is 1. The Labute approximate surface area is 217 Å². The number of aryl methyl sites for hydroxylation is 2. The first kappa shape index (κ1) is 23.3. The lowest BCUT2D eigenvalue weighted by atomic mass is 9.93. The van der Waals surface area contributed by atoms with Crippen LogP contribution in [-0.4, -0.2) is 48.2 Å². The highest BCUT2D eigenvalue weighted by Crippen LogP contribution is 2.46. The number of pyridine rings is 1. The van der Waals surface area contributed by atoms with E-state index >= 15 is 0 Å². The van der Waals surface area contributed by atoms with Crippen LogP contribution in [0.15, 0.2) is 48.5 Å². The van der Waals surface area contributed by atoms with Gasteiger partial charge in [0, 0.05) is 42.4 Å². The Morgan fingerprint density at radius 1 is 1.11 bits per heavy atom. The minimum absolute atomic E-state index is 0.0522. The lowest BCUT2D eigenvalue weighted by Crippen LogP contribution is -2.59. The van der Waals surface area contributed by atoms with Crippen LogP contribution < -0.4 is 15.4 Å². The van der Waals surface area contributed by atoms with Gasteiger partial charge in [-0.15, -0.1) is 0 Å². The summed E-state index contributed by atoms with van der Waals surface area (Å²) in [7, 11) is 1.70. The Kier molecular flexibility index (Phi) is 5.89. The third kappa shape index (κ3) is 3.93. The highest BCUT2D eigenvalue weighted by molar-refractivity contribution is 6.36. The summed E-state index contributed by atoms with van der Waals surface area (Å²) < 4.78 is 5.88. The molecule has 2 N–H and O–H groups in total. The molecular weight excluding hydrogens is 472 g/mol. The normalized spacial score (nSPS) is 23.4. The average molecular weight is 503 g/mol. The maximum absolute atomic E-state index is 12.0. The minimum atomic E-state index is -0.130. The molecule has 1 aliphatic carbocycles. The van der Waals surface area contributed by atoms with Gasteiger partial charge in [-0.05, 0) is 55.4 Å². The van der Waals surface area contributed by atoms with Gasteiger partial charge in [0.1, 0.15) is 0 Å². The first-order valence-corrected chi connectivity index (χ1v) is 13.1. The van der Waals surface area contributed by atoms with Crippen LogP contribution in [0.5, 0.6) is 5.88 Å². The summed E-state index contributed by atoms with van der Waals surface area (Å²) in [6, 6.07) is 16.8. The molecule has 0 unspecified atom stereocenters. The van der Waals surface area contributed by atoms with Gasteiger partial charge in [-0.25, -0.2) is 9.78 Å². The van der Waals surface area contributed by atoms with Gasteiger partial charge in [0.2, 0.25) is 5.88 Å². The molecule has 3 heterocycles. The van der Waals surface area contributed by atoms with E-state index in [0.717, 1.165) is 67.7 Å². The van der Waals surface area contributed by atoms with Gasteiger partial charge in [-0.3, -0.25) is 4.90 Å². The Morgan fingerprint density at radius 2 is 1.92 bits per heavy atom. The zero-order chi connectivity index (χ0) is 24.9.